The Balaban J connectivity index is 1.94. The Hall–Kier alpha value is -2.63. The second kappa shape index (κ2) is 6.89. The fourth-order valence-electron chi connectivity index (χ4n) is 1.99. The van der Waals surface area contributed by atoms with Gasteiger partial charge in [0.1, 0.15) is 0 Å². The second-order valence-corrected chi connectivity index (χ2v) is 5.37. The molecule has 1 aromatic heterocycles. The van der Waals surface area contributed by atoms with E-state index in [4.69, 9.17) is 0 Å². The molecule has 2 amide bonds. The molecule has 0 spiro atoms. The van der Waals surface area contributed by atoms with Crippen LogP contribution in [0.1, 0.15) is 16.8 Å². The van der Waals surface area contributed by atoms with E-state index in [-0.39, 0.29) is 6.03 Å². The van der Waals surface area contributed by atoms with E-state index < -0.39 is 0 Å². The summed E-state index contributed by atoms with van der Waals surface area (Å²) in [5, 5.41) is 5.64. The number of benzene rings is 1. The number of nitrogens with one attached hydrogen (secondary N) is 2. The van der Waals surface area contributed by atoms with Crippen LogP contribution in [-0.4, -0.2) is 30.1 Å². The minimum atomic E-state index is -0.253. The van der Waals surface area contributed by atoms with Crippen LogP contribution in [0.2, 0.25) is 0 Å². The predicted octanol–water partition coefficient (Wildman–Crippen LogP) is 2.48. The number of hydrogen-bond acceptors (Lipinski definition) is 4. The molecule has 1 heterocycles. The number of nitrogens with zero attached hydrogens (tertiary/aromatic N) is 3. The van der Waals surface area contributed by atoms with Gasteiger partial charge < -0.3 is 15.5 Å². The number of urea groups is 1. The Morgan fingerprint density at radius 2 is 2.00 bits per heavy atom. The molecule has 0 saturated heterocycles. The molecule has 0 atom stereocenters. The van der Waals surface area contributed by atoms with Crippen LogP contribution in [0.3, 0.4) is 0 Å². The Kier molecular flexibility index (Phi) is 4.93. The van der Waals surface area contributed by atoms with E-state index in [1.165, 1.54) is 5.56 Å². The highest BCUT2D eigenvalue weighted by atomic mass is 16.2. The first kappa shape index (κ1) is 15.8. The lowest BCUT2D eigenvalue weighted by Gasteiger charge is -2.12. The fourth-order valence-corrected chi connectivity index (χ4v) is 1.99. The number of anilines is 2. The lowest BCUT2D eigenvalue weighted by atomic mass is 10.1. The van der Waals surface area contributed by atoms with Crippen molar-refractivity contribution >= 4 is 17.7 Å². The fraction of sp³-hybridized carbons (Fsp3) is 0.312. The van der Waals surface area contributed by atoms with Crippen molar-refractivity contribution in [2.45, 2.75) is 20.4 Å². The van der Waals surface area contributed by atoms with E-state index >= 15 is 0 Å². The summed E-state index contributed by atoms with van der Waals surface area (Å²) >= 11 is 0. The Morgan fingerprint density at radius 3 is 2.68 bits per heavy atom. The van der Waals surface area contributed by atoms with Crippen molar-refractivity contribution in [3.8, 4) is 0 Å². The van der Waals surface area contributed by atoms with E-state index in [1.54, 1.807) is 12.3 Å². The average molecular weight is 299 g/mol. The molecule has 1 aromatic carbocycles. The summed E-state index contributed by atoms with van der Waals surface area (Å²) in [5.41, 5.74) is 3.77. The van der Waals surface area contributed by atoms with E-state index in [1.807, 2.05) is 51.0 Å². The minimum Gasteiger partial charge on any atom is -0.347 e. The van der Waals surface area contributed by atoms with Gasteiger partial charge in [-0.15, -0.1) is 0 Å². The van der Waals surface area contributed by atoms with Crippen LogP contribution in [0.15, 0.2) is 30.5 Å². The molecule has 6 nitrogen and oxygen atoms in total. The highest BCUT2D eigenvalue weighted by Gasteiger charge is 2.06. The maximum atomic E-state index is 12.0. The SMILES string of the molecule is Cc1ccc(NC(=O)NCc2ccnc(N(C)C)n2)c(C)c1. The van der Waals surface area contributed by atoms with Crippen molar-refractivity contribution in [1.82, 2.24) is 15.3 Å². The zero-order valence-electron chi connectivity index (χ0n) is 13.3. The van der Waals surface area contributed by atoms with Gasteiger partial charge in [0.15, 0.2) is 0 Å². The van der Waals surface area contributed by atoms with Gasteiger partial charge in [0.25, 0.3) is 0 Å². The van der Waals surface area contributed by atoms with Crippen molar-refractivity contribution < 1.29 is 4.79 Å². The summed E-state index contributed by atoms with van der Waals surface area (Å²) in [5.74, 6) is 0.620. The molecule has 0 unspecified atom stereocenters. The molecular formula is C16H21N5O. The third-order valence-electron chi connectivity index (χ3n) is 3.16. The molecule has 22 heavy (non-hydrogen) atoms. The summed E-state index contributed by atoms with van der Waals surface area (Å²) < 4.78 is 0. The number of hydrogen-bond donors (Lipinski definition) is 2. The van der Waals surface area contributed by atoms with Crippen LogP contribution in [0.25, 0.3) is 0 Å². The Labute approximate surface area is 130 Å². The standard InChI is InChI=1S/C16H21N5O/c1-11-5-6-14(12(2)9-11)20-16(22)18-10-13-7-8-17-15(19-13)21(3)4/h5-9H,10H2,1-4H3,(H2,18,20,22). The van der Waals surface area contributed by atoms with Crippen molar-refractivity contribution in [2.75, 3.05) is 24.3 Å². The first-order valence-electron chi connectivity index (χ1n) is 7.07. The minimum absolute atomic E-state index is 0.253. The van der Waals surface area contributed by atoms with Gasteiger partial charge >= 0.3 is 6.03 Å². The molecule has 2 N–H and O–H groups in total. The van der Waals surface area contributed by atoms with Crippen LogP contribution in [0, 0.1) is 13.8 Å². The summed E-state index contributed by atoms with van der Waals surface area (Å²) in [6.45, 7) is 4.34. The molecule has 0 aliphatic heterocycles. The molecule has 2 rings (SSSR count). The summed E-state index contributed by atoms with van der Waals surface area (Å²) in [6, 6.07) is 7.43. The quantitative estimate of drug-likeness (QED) is 0.910. The molecule has 0 aliphatic rings. The number of carbonyl (C=O) groups is 1. The van der Waals surface area contributed by atoms with Gasteiger partial charge in [0, 0.05) is 26.0 Å². The highest BCUT2D eigenvalue weighted by Crippen LogP contribution is 2.15. The maximum absolute atomic E-state index is 12.0. The van der Waals surface area contributed by atoms with Gasteiger partial charge in [-0.2, -0.15) is 0 Å². The van der Waals surface area contributed by atoms with Gasteiger partial charge in [-0.3, -0.25) is 0 Å². The molecule has 0 aliphatic carbocycles. The Morgan fingerprint density at radius 1 is 1.23 bits per heavy atom. The molecule has 0 fully saturated rings. The second-order valence-electron chi connectivity index (χ2n) is 5.37. The first-order valence-corrected chi connectivity index (χ1v) is 7.07. The average Bonchev–Trinajstić information content (AvgIpc) is 2.48. The molecule has 0 bridgehead atoms. The zero-order valence-corrected chi connectivity index (χ0v) is 13.3. The van der Waals surface area contributed by atoms with Gasteiger partial charge in [-0.05, 0) is 31.5 Å². The molecule has 116 valence electrons. The van der Waals surface area contributed by atoms with Crippen LogP contribution < -0.4 is 15.5 Å². The normalized spacial score (nSPS) is 10.2. The van der Waals surface area contributed by atoms with E-state index in [2.05, 4.69) is 20.6 Å². The van der Waals surface area contributed by atoms with Crippen LogP contribution in [0.5, 0.6) is 0 Å². The van der Waals surface area contributed by atoms with Crippen LogP contribution in [-0.2, 0) is 6.54 Å². The molecule has 0 saturated carbocycles. The van der Waals surface area contributed by atoms with Crippen molar-refractivity contribution in [3.63, 3.8) is 0 Å². The van der Waals surface area contributed by atoms with E-state index in [9.17, 15) is 4.79 Å². The lowest BCUT2D eigenvalue weighted by Crippen LogP contribution is -2.29. The predicted molar refractivity (Wildman–Crippen MR) is 88.1 cm³/mol. The first-order chi connectivity index (χ1) is 10.5. The third-order valence-corrected chi connectivity index (χ3v) is 3.16. The van der Waals surface area contributed by atoms with Crippen molar-refractivity contribution in [1.29, 1.82) is 0 Å². The Bertz CT molecular complexity index is 669. The van der Waals surface area contributed by atoms with Crippen LogP contribution >= 0.6 is 0 Å². The molecular weight excluding hydrogens is 278 g/mol. The third kappa shape index (κ3) is 4.18. The monoisotopic (exact) mass is 299 g/mol. The van der Waals surface area contributed by atoms with Gasteiger partial charge in [0.05, 0.1) is 12.2 Å². The van der Waals surface area contributed by atoms with E-state index in [0.717, 1.165) is 16.9 Å². The van der Waals surface area contributed by atoms with E-state index in [0.29, 0.717) is 12.5 Å². The van der Waals surface area contributed by atoms with Gasteiger partial charge in [0.2, 0.25) is 5.95 Å². The summed E-state index contributed by atoms with van der Waals surface area (Å²) in [6.07, 6.45) is 1.68. The molecule has 6 heteroatoms. The van der Waals surface area contributed by atoms with Crippen molar-refractivity contribution in [3.05, 3.63) is 47.3 Å². The smallest absolute Gasteiger partial charge is 0.319 e. The zero-order chi connectivity index (χ0) is 16.1. The number of aryl methyl sites for hydroxylation is 2. The lowest BCUT2D eigenvalue weighted by molar-refractivity contribution is 0.251. The number of rotatable bonds is 4. The number of carbonyl (C=O) groups excluding carboxylic acids is 1. The largest absolute Gasteiger partial charge is 0.347 e. The number of amides is 2. The molecule has 2 aromatic rings. The summed E-state index contributed by atoms with van der Waals surface area (Å²) in [7, 11) is 3.75. The molecule has 0 radical (unpaired) electrons. The van der Waals surface area contributed by atoms with Gasteiger partial charge in [-0.1, -0.05) is 17.7 Å². The van der Waals surface area contributed by atoms with Gasteiger partial charge in [-0.25, -0.2) is 14.8 Å². The maximum Gasteiger partial charge on any atom is 0.319 e. The van der Waals surface area contributed by atoms with Crippen LogP contribution in [0.4, 0.5) is 16.4 Å². The number of aromatic nitrogens is 2. The summed E-state index contributed by atoms with van der Waals surface area (Å²) in [4.78, 5) is 22.3. The topological polar surface area (TPSA) is 70.2 Å². The highest BCUT2D eigenvalue weighted by molar-refractivity contribution is 5.90. The van der Waals surface area contributed by atoms with Crippen molar-refractivity contribution in [2.24, 2.45) is 0 Å².